The van der Waals surface area contributed by atoms with Crippen molar-refractivity contribution in [2.75, 3.05) is 6.54 Å². The van der Waals surface area contributed by atoms with E-state index in [1.165, 1.54) is 6.33 Å². The lowest BCUT2D eigenvalue weighted by atomic mass is 10.0. The van der Waals surface area contributed by atoms with Crippen LogP contribution in [-0.2, 0) is 19.4 Å². The van der Waals surface area contributed by atoms with Crippen LogP contribution in [0.1, 0.15) is 35.1 Å². The first-order valence-corrected chi connectivity index (χ1v) is 6.93. The summed E-state index contributed by atoms with van der Waals surface area (Å²) >= 11 is 0. The normalized spacial score (nSPS) is 10.7. The third-order valence-corrected chi connectivity index (χ3v) is 3.16. The molecule has 0 aliphatic heterocycles. The Morgan fingerprint density at radius 3 is 2.70 bits per heavy atom. The fraction of sp³-hybridized carbons (Fsp3) is 0.400. The van der Waals surface area contributed by atoms with Crippen LogP contribution in [0.5, 0.6) is 0 Å². The second-order valence-electron chi connectivity index (χ2n) is 4.73. The number of benzene rings is 1. The molecule has 1 aromatic carbocycles. The summed E-state index contributed by atoms with van der Waals surface area (Å²) in [5.41, 5.74) is 7.37. The molecule has 1 aromatic heterocycles. The Labute approximate surface area is 118 Å². The van der Waals surface area contributed by atoms with Crippen molar-refractivity contribution >= 4 is 5.78 Å². The Bertz CT molecular complexity index is 560. The highest BCUT2D eigenvalue weighted by Crippen LogP contribution is 2.09. The molecule has 0 saturated carbocycles. The largest absolute Gasteiger partial charge is 0.330 e. The molecule has 0 unspecified atom stereocenters. The van der Waals surface area contributed by atoms with Crippen molar-refractivity contribution in [1.29, 1.82) is 0 Å². The minimum atomic E-state index is 0.0645. The summed E-state index contributed by atoms with van der Waals surface area (Å²) in [6, 6.07) is 7.62. The van der Waals surface area contributed by atoms with Crippen LogP contribution in [0.2, 0.25) is 0 Å². The highest BCUT2D eigenvalue weighted by atomic mass is 16.1. The zero-order valence-corrected chi connectivity index (χ0v) is 11.7. The first kappa shape index (κ1) is 14.4. The van der Waals surface area contributed by atoms with E-state index in [1.807, 2.05) is 24.3 Å². The fourth-order valence-corrected chi connectivity index (χ4v) is 2.09. The molecule has 5 heteroatoms. The van der Waals surface area contributed by atoms with Crippen molar-refractivity contribution in [2.24, 2.45) is 5.73 Å². The molecule has 0 saturated heterocycles. The van der Waals surface area contributed by atoms with E-state index in [1.54, 1.807) is 4.68 Å². The maximum absolute atomic E-state index is 12.2. The number of hydrogen-bond acceptors (Lipinski definition) is 4. The van der Waals surface area contributed by atoms with Gasteiger partial charge in [-0.05, 0) is 24.9 Å². The summed E-state index contributed by atoms with van der Waals surface area (Å²) in [4.78, 5) is 16.4. The lowest BCUT2D eigenvalue weighted by Gasteiger charge is -2.05. The van der Waals surface area contributed by atoms with Gasteiger partial charge < -0.3 is 5.73 Å². The van der Waals surface area contributed by atoms with Gasteiger partial charge in [-0.25, -0.2) is 9.67 Å². The monoisotopic (exact) mass is 272 g/mol. The van der Waals surface area contributed by atoms with E-state index in [0.29, 0.717) is 12.1 Å². The number of nitrogens with zero attached hydrogens (tertiary/aromatic N) is 3. The molecule has 0 spiro atoms. The van der Waals surface area contributed by atoms with Gasteiger partial charge in [-0.3, -0.25) is 4.79 Å². The summed E-state index contributed by atoms with van der Waals surface area (Å²) in [6.07, 6.45) is 3.59. The average Bonchev–Trinajstić information content (AvgIpc) is 2.88. The molecule has 1 heterocycles. The van der Waals surface area contributed by atoms with Gasteiger partial charge >= 0.3 is 0 Å². The van der Waals surface area contributed by atoms with Crippen LogP contribution in [-0.4, -0.2) is 27.1 Å². The molecule has 106 valence electrons. The molecule has 2 N–H and O–H groups in total. The number of nitrogens with two attached hydrogens (primary N) is 1. The SMILES string of the molecule is CCCn1ncnc1CC(=O)c1ccc(CCN)cc1. The van der Waals surface area contributed by atoms with Crippen molar-refractivity contribution < 1.29 is 4.79 Å². The molecule has 0 amide bonds. The number of aryl methyl sites for hydroxylation is 1. The third kappa shape index (κ3) is 3.51. The number of rotatable bonds is 7. The van der Waals surface area contributed by atoms with Gasteiger partial charge in [0.05, 0.1) is 6.42 Å². The molecule has 0 radical (unpaired) electrons. The van der Waals surface area contributed by atoms with E-state index in [9.17, 15) is 4.79 Å². The smallest absolute Gasteiger partial charge is 0.170 e. The second kappa shape index (κ2) is 6.96. The van der Waals surface area contributed by atoms with Gasteiger partial charge in [0, 0.05) is 12.1 Å². The quantitative estimate of drug-likeness (QED) is 0.777. The zero-order chi connectivity index (χ0) is 14.4. The van der Waals surface area contributed by atoms with Gasteiger partial charge in [0.1, 0.15) is 12.2 Å². The molecule has 2 rings (SSSR count). The second-order valence-corrected chi connectivity index (χ2v) is 4.73. The molecule has 0 aliphatic rings. The lowest BCUT2D eigenvalue weighted by molar-refractivity contribution is 0.0989. The van der Waals surface area contributed by atoms with Crippen LogP contribution in [0.15, 0.2) is 30.6 Å². The first-order valence-electron chi connectivity index (χ1n) is 6.93. The maximum Gasteiger partial charge on any atom is 0.170 e. The standard InChI is InChI=1S/C15H20N4O/c1-2-9-19-15(17-11-18-19)10-14(20)13-5-3-12(4-6-13)7-8-16/h3-6,11H,2,7-10,16H2,1H3. The number of ketones is 1. The highest BCUT2D eigenvalue weighted by molar-refractivity contribution is 5.97. The number of aromatic nitrogens is 3. The van der Waals surface area contributed by atoms with Crippen molar-refractivity contribution in [3.63, 3.8) is 0 Å². The summed E-state index contributed by atoms with van der Waals surface area (Å²) in [5, 5.41) is 4.13. The number of carbonyl (C=O) groups is 1. The van der Waals surface area contributed by atoms with Crippen molar-refractivity contribution in [1.82, 2.24) is 14.8 Å². The van der Waals surface area contributed by atoms with Crippen molar-refractivity contribution in [3.05, 3.63) is 47.5 Å². The van der Waals surface area contributed by atoms with Gasteiger partial charge in [-0.15, -0.1) is 0 Å². The van der Waals surface area contributed by atoms with Gasteiger partial charge in [0.25, 0.3) is 0 Å². The molecule has 5 nitrogen and oxygen atoms in total. The zero-order valence-electron chi connectivity index (χ0n) is 11.7. The molecule has 0 atom stereocenters. The predicted octanol–water partition coefficient (Wildman–Crippen LogP) is 1.61. The van der Waals surface area contributed by atoms with Gasteiger partial charge in [-0.2, -0.15) is 5.10 Å². The molecule has 0 bridgehead atoms. The lowest BCUT2D eigenvalue weighted by Crippen LogP contribution is -2.11. The Kier molecular flexibility index (Phi) is 5.01. The van der Waals surface area contributed by atoms with Crippen LogP contribution >= 0.6 is 0 Å². The van der Waals surface area contributed by atoms with Crippen LogP contribution < -0.4 is 5.73 Å². The van der Waals surface area contributed by atoms with Gasteiger partial charge in [-0.1, -0.05) is 31.2 Å². The number of Topliss-reactive ketones (excluding diaryl/α,β-unsaturated/α-hetero) is 1. The van der Waals surface area contributed by atoms with Crippen LogP contribution in [0.25, 0.3) is 0 Å². The summed E-state index contributed by atoms with van der Waals surface area (Å²) < 4.78 is 1.79. The van der Waals surface area contributed by atoms with Crippen molar-refractivity contribution in [3.8, 4) is 0 Å². The maximum atomic E-state index is 12.2. The molecule has 2 aromatic rings. The minimum Gasteiger partial charge on any atom is -0.330 e. The third-order valence-electron chi connectivity index (χ3n) is 3.16. The van der Waals surface area contributed by atoms with Gasteiger partial charge in [0.15, 0.2) is 5.78 Å². The van der Waals surface area contributed by atoms with Gasteiger partial charge in [0.2, 0.25) is 0 Å². The van der Waals surface area contributed by atoms with E-state index < -0.39 is 0 Å². The Balaban J connectivity index is 2.05. The topological polar surface area (TPSA) is 73.8 Å². The number of hydrogen-bond donors (Lipinski definition) is 1. The Hall–Kier alpha value is -2.01. The Morgan fingerprint density at radius 1 is 1.30 bits per heavy atom. The fourth-order valence-electron chi connectivity index (χ4n) is 2.09. The van der Waals surface area contributed by atoms with Crippen LogP contribution in [0.3, 0.4) is 0 Å². The van der Waals surface area contributed by atoms with E-state index in [-0.39, 0.29) is 12.2 Å². The predicted molar refractivity (Wildman–Crippen MR) is 77.5 cm³/mol. The van der Waals surface area contributed by atoms with Crippen LogP contribution in [0.4, 0.5) is 0 Å². The van der Waals surface area contributed by atoms with E-state index in [0.717, 1.165) is 30.8 Å². The highest BCUT2D eigenvalue weighted by Gasteiger charge is 2.11. The molecular weight excluding hydrogens is 252 g/mol. The molecule has 0 fully saturated rings. The van der Waals surface area contributed by atoms with Crippen molar-refractivity contribution in [2.45, 2.75) is 32.7 Å². The number of carbonyl (C=O) groups excluding carboxylic acids is 1. The molecule has 20 heavy (non-hydrogen) atoms. The molecule has 0 aliphatic carbocycles. The van der Waals surface area contributed by atoms with E-state index in [4.69, 9.17) is 5.73 Å². The van der Waals surface area contributed by atoms with Crippen LogP contribution in [0, 0.1) is 0 Å². The summed E-state index contributed by atoms with van der Waals surface area (Å²) in [7, 11) is 0. The summed E-state index contributed by atoms with van der Waals surface area (Å²) in [5.74, 6) is 0.789. The van der Waals surface area contributed by atoms with E-state index >= 15 is 0 Å². The molecular formula is C15H20N4O. The summed E-state index contributed by atoms with van der Waals surface area (Å²) in [6.45, 7) is 3.48. The minimum absolute atomic E-state index is 0.0645. The average molecular weight is 272 g/mol. The Morgan fingerprint density at radius 2 is 2.05 bits per heavy atom. The first-order chi connectivity index (χ1) is 9.74. The van der Waals surface area contributed by atoms with E-state index in [2.05, 4.69) is 17.0 Å².